The summed E-state index contributed by atoms with van der Waals surface area (Å²) in [4.78, 5) is 22.5. The number of halogens is 1. The van der Waals surface area contributed by atoms with Crippen LogP contribution in [-0.4, -0.2) is 20.6 Å². The van der Waals surface area contributed by atoms with E-state index in [2.05, 4.69) is 26.3 Å². The molecule has 0 saturated heterocycles. The molecule has 0 saturated carbocycles. The molecule has 0 fully saturated rings. The molecule has 0 atom stereocenters. The molecule has 0 aliphatic heterocycles. The molecule has 0 spiro atoms. The number of nitrogens with zero attached hydrogens (tertiary/aromatic N) is 3. The number of benzene rings is 1. The maximum Gasteiger partial charge on any atom is 0.293 e. The van der Waals surface area contributed by atoms with Crippen LogP contribution in [0.5, 0.6) is 0 Å². The van der Waals surface area contributed by atoms with E-state index >= 15 is 0 Å². The highest BCUT2D eigenvalue weighted by Crippen LogP contribution is 2.26. The first-order valence-electron chi connectivity index (χ1n) is 5.64. The third-order valence-corrected chi connectivity index (χ3v) is 3.18. The van der Waals surface area contributed by atoms with Crippen molar-refractivity contribution in [3.63, 3.8) is 0 Å². The first-order valence-corrected chi connectivity index (χ1v) is 6.43. The number of hydrogen-bond acceptors (Lipinski definition) is 4. The summed E-state index contributed by atoms with van der Waals surface area (Å²) in [6.07, 6.45) is 1.62. The summed E-state index contributed by atoms with van der Waals surface area (Å²) in [5.74, 6) is -0.510. The van der Waals surface area contributed by atoms with E-state index in [1.54, 1.807) is 26.2 Å². The molecule has 0 aliphatic rings. The van der Waals surface area contributed by atoms with Crippen molar-refractivity contribution >= 4 is 33.2 Å². The van der Waals surface area contributed by atoms with E-state index in [1.165, 1.54) is 16.8 Å². The summed E-state index contributed by atoms with van der Waals surface area (Å²) < 4.78 is 2.00. The predicted molar refractivity (Wildman–Crippen MR) is 76.7 cm³/mol. The van der Waals surface area contributed by atoms with Crippen molar-refractivity contribution in [1.82, 2.24) is 9.78 Å². The lowest BCUT2D eigenvalue weighted by Gasteiger charge is -2.05. The minimum atomic E-state index is -0.532. The third-order valence-electron chi connectivity index (χ3n) is 2.60. The molecule has 0 radical (unpaired) electrons. The molecule has 7 nitrogen and oxygen atoms in total. The Morgan fingerprint density at radius 3 is 2.75 bits per heavy atom. The molecule has 1 N–H and O–H groups in total. The van der Waals surface area contributed by atoms with Gasteiger partial charge >= 0.3 is 0 Å². The monoisotopic (exact) mass is 338 g/mol. The Morgan fingerprint density at radius 1 is 1.50 bits per heavy atom. The molecule has 2 rings (SSSR count). The summed E-state index contributed by atoms with van der Waals surface area (Å²) in [6, 6.07) is 4.60. The highest BCUT2D eigenvalue weighted by atomic mass is 79.9. The van der Waals surface area contributed by atoms with Gasteiger partial charge in [0, 0.05) is 19.3 Å². The number of aromatic nitrogens is 2. The number of carbonyl (C=O) groups is 1. The topological polar surface area (TPSA) is 90.1 Å². The van der Waals surface area contributed by atoms with Crippen molar-refractivity contribution in [2.24, 2.45) is 7.05 Å². The quantitative estimate of drug-likeness (QED) is 0.688. The number of carbonyl (C=O) groups excluding carboxylic acids is 1. The number of hydrogen-bond donors (Lipinski definition) is 1. The molecule has 104 valence electrons. The van der Waals surface area contributed by atoms with Gasteiger partial charge in [0.25, 0.3) is 11.6 Å². The summed E-state index contributed by atoms with van der Waals surface area (Å²) in [5.41, 5.74) is 0.907. The van der Waals surface area contributed by atoms with Gasteiger partial charge in [-0.1, -0.05) is 6.07 Å². The average Bonchev–Trinajstić information content (AvgIpc) is 2.70. The fourth-order valence-corrected chi connectivity index (χ4v) is 2.25. The van der Waals surface area contributed by atoms with Gasteiger partial charge < -0.3 is 5.32 Å². The molecule has 8 heteroatoms. The van der Waals surface area contributed by atoms with E-state index < -0.39 is 10.8 Å². The molecule has 0 bridgehead atoms. The minimum absolute atomic E-state index is 0.142. The minimum Gasteiger partial charge on any atom is -0.315 e. The van der Waals surface area contributed by atoms with Crippen molar-refractivity contribution in [3.8, 4) is 0 Å². The SMILES string of the molecule is Cc1ccc(NC(=O)c2nn(C)cc2Br)c([N+](=O)[O-])c1. The van der Waals surface area contributed by atoms with Crippen molar-refractivity contribution in [1.29, 1.82) is 0 Å². The van der Waals surface area contributed by atoms with Crippen LogP contribution in [0.4, 0.5) is 11.4 Å². The Bertz CT molecular complexity index is 696. The van der Waals surface area contributed by atoms with Crippen LogP contribution in [-0.2, 0) is 7.05 Å². The van der Waals surface area contributed by atoms with Crippen LogP contribution in [0.3, 0.4) is 0 Å². The second-order valence-electron chi connectivity index (χ2n) is 4.23. The lowest BCUT2D eigenvalue weighted by atomic mass is 10.2. The smallest absolute Gasteiger partial charge is 0.293 e. The Labute approximate surface area is 122 Å². The predicted octanol–water partition coefficient (Wildman–Crippen LogP) is 2.65. The summed E-state index contributed by atoms with van der Waals surface area (Å²) in [5, 5.41) is 17.5. The van der Waals surface area contributed by atoms with Gasteiger partial charge in [-0.05, 0) is 34.5 Å². The summed E-state index contributed by atoms with van der Waals surface area (Å²) in [7, 11) is 1.68. The highest BCUT2D eigenvalue weighted by molar-refractivity contribution is 9.10. The van der Waals surface area contributed by atoms with Crippen LogP contribution in [0.25, 0.3) is 0 Å². The molecular formula is C12H11BrN4O3. The Morgan fingerprint density at radius 2 is 2.20 bits per heavy atom. The number of anilines is 1. The van der Waals surface area contributed by atoms with Crippen LogP contribution >= 0.6 is 15.9 Å². The molecule has 1 aromatic carbocycles. The molecule has 1 aromatic heterocycles. The van der Waals surface area contributed by atoms with Crippen molar-refractivity contribution < 1.29 is 9.72 Å². The van der Waals surface area contributed by atoms with Crippen molar-refractivity contribution in [2.75, 3.05) is 5.32 Å². The molecular weight excluding hydrogens is 328 g/mol. The third kappa shape index (κ3) is 2.85. The van der Waals surface area contributed by atoms with Crippen LogP contribution in [0.15, 0.2) is 28.9 Å². The fourth-order valence-electron chi connectivity index (χ4n) is 1.69. The largest absolute Gasteiger partial charge is 0.315 e. The average molecular weight is 339 g/mol. The summed E-state index contributed by atoms with van der Waals surface area (Å²) in [6.45, 7) is 1.74. The van der Waals surface area contributed by atoms with E-state index in [-0.39, 0.29) is 17.1 Å². The normalized spacial score (nSPS) is 10.3. The molecule has 1 heterocycles. The molecule has 0 unspecified atom stereocenters. The van der Waals surface area contributed by atoms with Gasteiger partial charge in [-0.15, -0.1) is 0 Å². The Hall–Kier alpha value is -2.22. The number of rotatable bonds is 3. The number of nitrogens with one attached hydrogen (secondary N) is 1. The van der Waals surface area contributed by atoms with Gasteiger partial charge in [0.15, 0.2) is 5.69 Å². The zero-order valence-corrected chi connectivity index (χ0v) is 12.3. The first kappa shape index (κ1) is 14.2. The van der Waals surface area contributed by atoms with Gasteiger partial charge in [-0.3, -0.25) is 19.6 Å². The lowest BCUT2D eigenvalue weighted by molar-refractivity contribution is -0.384. The standard InChI is InChI=1S/C12H11BrN4O3/c1-7-3-4-9(10(5-7)17(19)20)14-12(18)11-8(13)6-16(2)15-11/h3-6H,1-2H3,(H,14,18). The van der Waals surface area contributed by atoms with E-state index in [4.69, 9.17) is 0 Å². The lowest BCUT2D eigenvalue weighted by Crippen LogP contribution is -2.14. The van der Waals surface area contributed by atoms with E-state index in [0.717, 1.165) is 5.56 Å². The maximum absolute atomic E-state index is 12.1. The van der Waals surface area contributed by atoms with Crippen LogP contribution in [0.1, 0.15) is 16.1 Å². The molecule has 0 aliphatic carbocycles. The zero-order valence-electron chi connectivity index (χ0n) is 10.8. The van der Waals surface area contributed by atoms with Gasteiger partial charge in [0.1, 0.15) is 5.69 Å². The van der Waals surface area contributed by atoms with Gasteiger partial charge in [0.2, 0.25) is 0 Å². The van der Waals surface area contributed by atoms with Crippen LogP contribution < -0.4 is 5.32 Å². The molecule has 2 aromatic rings. The van der Waals surface area contributed by atoms with Gasteiger partial charge in [-0.2, -0.15) is 5.10 Å². The second kappa shape index (κ2) is 5.41. The van der Waals surface area contributed by atoms with E-state index in [0.29, 0.717) is 4.47 Å². The maximum atomic E-state index is 12.1. The Balaban J connectivity index is 2.33. The van der Waals surface area contributed by atoms with Gasteiger partial charge in [-0.25, -0.2) is 0 Å². The van der Waals surface area contributed by atoms with E-state index in [1.807, 2.05) is 0 Å². The van der Waals surface area contributed by atoms with Crippen LogP contribution in [0.2, 0.25) is 0 Å². The summed E-state index contributed by atoms with van der Waals surface area (Å²) >= 11 is 3.21. The highest BCUT2D eigenvalue weighted by Gasteiger charge is 2.20. The number of aryl methyl sites for hydroxylation is 2. The van der Waals surface area contributed by atoms with Crippen molar-refractivity contribution in [2.45, 2.75) is 6.92 Å². The van der Waals surface area contributed by atoms with Crippen LogP contribution in [0, 0.1) is 17.0 Å². The fraction of sp³-hybridized carbons (Fsp3) is 0.167. The molecule has 1 amide bonds. The molecule has 20 heavy (non-hydrogen) atoms. The first-order chi connectivity index (χ1) is 9.38. The Kier molecular flexibility index (Phi) is 3.84. The van der Waals surface area contributed by atoms with E-state index in [9.17, 15) is 14.9 Å². The number of nitro benzene ring substituents is 1. The number of amides is 1. The van der Waals surface area contributed by atoms with Gasteiger partial charge in [0.05, 0.1) is 9.40 Å². The zero-order chi connectivity index (χ0) is 14.9. The second-order valence-corrected chi connectivity index (χ2v) is 5.09. The van der Waals surface area contributed by atoms with Crippen molar-refractivity contribution in [3.05, 3.63) is 50.2 Å². The number of nitro groups is 1.